The van der Waals surface area contributed by atoms with Gasteiger partial charge in [0.15, 0.2) is 5.16 Å². The van der Waals surface area contributed by atoms with Gasteiger partial charge in [-0.1, -0.05) is 29.8 Å². The van der Waals surface area contributed by atoms with Gasteiger partial charge in [-0.15, -0.1) is 16.6 Å². The average Bonchev–Trinajstić information content (AvgIpc) is 3.12. The maximum absolute atomic E-state index is 11.3. The Morgan fingerprint density at radius 2 is 1.83 bits per heavy atom. The molecule has 154 valence electrons. The van der Waals surface area contributed by atoms with Crippen LogP contribution in [-0.4, -0.2) is 39.9 Å². The first-order valence-corrected chi connectivity index (χ1v) is 9.91. The van der Waals surface area contributed by atoms with Crippen LogP contribution < -0.4 is 9.47 Å². The molecule has 30 heavy (non-hydrogen) atoms. The number of methoxy groups -OCH3 is 1. The number of nitrogens with zero attached hydrogens (tertiary/aromatic N) is 4. The van der Waals surface area contributed by atoms with E-state index in [1.807, 2.05) is 35.8 Å². The quantitative estimate of drug-likeness (QED) is 0.224. The lowest BCUT2D eigenvalue weighted by Crippen LogP contribution is -2.11. The Kier molecular flexibility index (Phi) is 6.93. The zero-order chi connectivity index (χ0) is 21.5. The number of aromatic nitrogens is 3. The van der Waals surface area contributed by atoms with Crippen LogP contribution in [0.1, 0.15) is 16.6 Å². The lowest BCUT2D eigenvalue weighted by molar-refractivity contribution is -0.479. The topological polar surface area (TPSA) is 92.3 Å². The van der Waals surface area contributed by atoms with Crippen LogP contribution in [0, 0.1) is 29.4 Å². The first-order chi connectivity index (χ1) is 14.5. The van der Waals surface area contributed by atoms with E-state index in [0.717, 1.165) is 17.0 Å². The monoisotopic (exact) mass is 424 g/mol. The van der Waals surface area contributed by atoms with Crippen molar-refractivity contribution in [2.24, 2.45) is 0 Å². The Labute approximate surface area is 178 Å². The highest BCUT2D eigenvalue weighted by Gasteiger charge is 2.24. The molecule has 3 aromatic rings. The van der Waals surface area contributed by atoms with Gasteiger partial charge in [-0.2, -0.15) is 0 Å². The highest BCUT2D eigenvalue weighted by Crippen LogP contribution is 2.36. The van der Waals surface area contributed by atoms with Crippen LogP contribution in [0.5, 0.6) is 11.5 Å². The number of hydrogen-bond acceptors (Lipinski definition) is 7. The van der Waals surface area contributed by atoms with Crippen molar-refractivity contribution in [2.45, 2.75) is 17.3 Å². The van der Waals surface area contributed by atoms with Crippen LogP contribution in [0.25, 0.3) is 5.69 Å². The minimum absolute atomic E-state index is 0.163. The van der Waals surface area contributed by atoms with E-state index in [-0.39, 0.29) is 18.1 Å². The SMILES string of the molecule is C#CCOc1ccc([C@@H](C[N+](=O)[O-])Sc2nnc(C)n2-c2ccc(OC)cc2)cc1. The van der Waals surface area contributed by atoms with E-state index in [1.165, 1.54) is 11.8 Å². The van der Waals surface area contributed by atoms with Gasteiger partial charge in [0.25, 0.3) is 0 Å². The van der Waals surface area contributed by atoms with Gasteiger partial charge in [0, 0.05) is 10.6 Å². The van der Waals surface area contributed by atoms with E-state index in [1.54, 1.807) is 31.4 Å². The van der Waals surface area contributed by atoms with Crippen molar-refractivity contribution < 1.29 is 14.4 Å². The molecule has 0 bridgehead atoms. The van der Waals surface area contributed by atoms with Gasteiger partial charge >= 0.3 is 0 Å². The van der Waals surface area contributed by atoms with Gasteiger partial charge in [-0.3, -0.25) is 14.7 Å². The van der Waals surface area contributed by atoms with E-state index in [0.29, 0.717) is 16.7 Å². The summed E-state index contributed by atoms with van der Waals surface area (Å²) in [5.41, 5.74) is 1.63. The predicted molar refractivity (Wildman–Crippen MR) is 114 cm³/mol. The van der Waals surface area contributed by atoms with E-state index in [4.69, 9.17) is 15.9 Å². The molecule has 0 saturated heterocycles. The third-order valence-corrected chi connectivity index (χ3v) is 5.44. The summed E-state index contributed by atoms with van der Waals surface area (Å²) in [6.45, 7) is 1.74. The molecule has 0 N–H and O–H groups in total. The Hall–Kier alpha value is -3.51. The van der Waals surface area contributed by atoms with Gasteiger partial charge < -0.3 is 9.47 Å². The molecule has 0 aliphatic rings. The number of terminal acetylenes is 1. The van der Waals surface area contributed by atoms with Gasteiger partial charge in [-0.25, -0.2) is 0 Å². The van der Waals surface area contributed by atoms with Crippen molar-refractivity contribution in [2.75, 3.05) is 20.3 Å². The molecule has 8 nitrogen and oxygen atoms in total. The largest absolute Gasteiger partial charge is 0.497 e. The van der Waals surface area contributed by atoms with Gasteiger partial charge in [0.05, 0.1) is 7.11 Å². The van der Waals surface area contributed by atoms with E-state index in [9.17, 15) is 10.1 Å². The van der Waals surface area contributed by atoms with Crippen molar-refractivity contribution in [3.8, 4) is 29.5 Å². The van der Waals surface area contributed by atoms with E-state index < -0.39 is 5.25 Å². The predicted octanol–water partition coefficient (Wildman–Crippen LogP) is 3.71. The molecule has 0 fully saturated rings. The zero-order valence-electron chi connectivity index (χ0n) is 16.5. The zero-order valence-corrected chi connectivity index (χ0v) is 17.3. The number of nitro groups is 1. The maximum Gasteiger partial charge on any atom is 0.220 e. The molecular weight excluding hydrogens is 404 g/mol. The standard InChI is InChI=1S/C21H20N4O4S/c1-4-13-29-19-9-5-16(6-10-19)20(14-24(26)27)30-21-23-22-15(2)25(21)17-7-11-18(28-3)12-8-17/h1,5-12,20H,13-14H2,2-3H3/t20-/m1/s1. The summed E-state index contributed by atoms with van der Waals surface area (Å²) < 4.78 is 12.4. The maximum atomic E-state index is 11.3. The second-order valence-corrected chi connectivity index (χ2v) is 7.42. The molecule has 0 radical (unpaired) electrons. The summed E-state index contributed by atoms with van der Waals surface area (Å²) in [4.78, 5) is 11.0. The number of benzene rings is 2. The Bertz CT molecular complexity index is 1040. The third-order valence-electron chi connectivity index (χ3n) is 4.26. The van der Waals surface area contributed by atoms with Gasteiger partial charge in [0.1, 0.15) is 29.2 Å². The lowest BCUT2D eigenvalue weighted by Gasteiger charge is -2.15. The molecule has 0 aliphatic heterocycles. The fourth-order valence-electron chi connectivity index (χ4n) is 2.82. The molecule has 0 aliphatic carbocycles. The molecule has 0 saturated carbocycles. The van der Waals surface area contributed by atoms with Crippen molar-refractivity contribution >= 4 is 11.8 Å². The number of ether oxygens (including phenoxy) is 2. The number of hydrogen-bond donors (Lipinski definition) is 0. The van der Waals surface area contributed by atoms with E-state index >= 15 is 0 Å². The summed E-state index contributed by atoms with van der Waals surface area (Å²) in [6, 6.07) is 14.6. The highest BCUT2D eigenvalue weighted by atomic mass is 32.2. The van der Waals surface area contributed by atoms with Gasteiger partial charge in [-0.05, 0) is 48.9 Å². The van der Waals surface area contributed by atoms with Crippen LogP contribution >= 0.6 is 11.8 Å². The Morgan fingerprint density at radius 3 is 2.43 bits per heavy atom. The summed E-state index contributed by atoms with van der Waals surface area (Å²) in [5.74, 6) is 4.43. The molecule has 0 amide bonds. The first-order valence-electron chi connectivity index (χ1n) is 9.03. The summed E-state index contributed by atoms with van der Waals surface area (Å²) in [5, 5.41) is 19.8. The summed E-state index contributed by atoms with van der Waals surface area (Å²) in [6.07, 6.45) is 5.20. The Balaban J connectivity index is 1.88. The smallest absolute Gasteiger partial charge is 0.220 e. The fraction of sp³-hybridized carbons (Fsp3) is 0.238. The van der Waals surface area contributed by atoms with Crippen molar-refractivity contribution in [3.05, 3.63) is 70.0 Å². The van der Waals surface area contributed by atoms with Crippen molar-refractivity contribution in [3.63, 3.8) is 0 Å². The summed E-state index contributed by atoms with van der Waals surface area (Å²) in [7, 11) is 1.60. The van der Waals surface area contributed by atoms with Crippen LogP contribution in [0.15, 0.2) is 53.7 Å². The van der Waals surface area contributed by atoms with Crippen molar-refractivity contribution in [1.82, 2.24) is 14.8 Å². The Morgan fingerprint density at radius 1 is 1.17 bits per heavy atom. The van der Waals surface area contributed by atoms with Crippen LogP contribution in [-0.2, 0) is 0 Å². The average molecular weight is 424 g/mol. The lowest BCUT2D eigenvalue weighted by atomic mass is 10.1. The minimum atomic E-state index is -0.456. The van der Waals surface area contributed by atoms with E-state index in [2.05, 4.69) is 16.1 Å². The number of aryl methyl sites for hydroxylation is 1. The normalized spacial score (nSPS) is 11.5. The van der Waals surface area contributed by atoms with Gasteiger partial charge in [0.2, 0.25) is 6.54 Å². The second-order valence-electron chi connectivity index (χ2n) is 6.25. The molecule has 0 spiro atoms. The van der Waals surface area contributed by atoms with Crippen LogP contribution in [0.4, 0.5) is 0 Å². The van der Waals surface area contributed by atoms with Crippen molar-refractivity contribution in [1.29, 1.82) is 0 Å². The third kappa shape index (κ3) is 5.10. The molecule has 9 heteroatoms. The number of thioether (sulfide) groups is 1. The molecule has 1 atom stereocenters. The minimum Gasteiger partial charge on any atom is -0.497 e. The molecule has 0 unspecified atom stereocenters. The summed E-state index contributed by atoms with van der Waals surface area (Å²) >= 11 is 1.29. The second kappa shape index (κ2) is 9.80. The highest BCUT2D eigenvalue weighted by molar-refractivity contribution is 7.99. The van der Waals surface area contributed by atoms with Crippen LogP contribution in [0.3, 0.4) is 0 Å². The molecular formula is C21H20N4O4S. The first kappa shape index (κ1) is 21.2. The molecule has 2 aromatic carbocycles. The number of rotatable bonds is 9. The molecule has 3 rings (SSSR count). The fourth-order valence-corrected chi connectivity index (χ4v) is 4.00. The van der Waals surface area contributed by atoms with Crippen LogP contribution in [0.2, 0.25) is 0 Å². The molecule has 1 heterocycles. The molecule has 1 aromatic heterocycles.